The van der Waals surface area contributed by atoms with Crippen molar-refractivity contribution in [3.63, 3.8) is 0 Å². The van der Waals surface area contributed by atoms with Gasteiger partial charge in [-0.25, -0.2) is 0 Å². The summed E-state index contributed by atoms with van der Waals surface area (Å²) in [7, 11) is 0. The predicted octanol–water partition coefficient (Wildman–Crippen LogP) is 3.10. The molecular formula is C15H29NO. The molecule has 0 saturated heterocycles. The van der Waals surface area contributed by atoms with Gasteiger partial charge in [-0.1, -0.05) is 33.1 Å². The van der Waals surface area contributed by atoms with Gasteiger partial charge in [0.15, 0.2) is 0 Å². The molecule has 0 aromatic heterocycles. The van der Waals surface area contributed by atoms with Crippen LogP contribution in [-0.4, -0.2) is 23.3 Å². The Hall–Kier alpha value is -0.0800. The zero-order valence-corrected chi connectivity index (χ0v) is 11.5. The molecule has 0 amide bonds. The van der Waals surface area contributed by atoms with Crippen LogP contribution in [0.2, 0.25) is 0 Å². The minimum Gasteiger partial charge on any atom is -0.389 e. The average molecular weight is 239 g/mol. The van der Waals surface area contributed by atoms with Gasteiger partial charge in [-0.3, -0.25) is 0 Å². The fourth-order valence-electron chi connectivity index (χ4n) is 3.76. The summed E-state index contributed by atoms with van der Waals surface area (Å²) >= 11 is 0. The Morgan fingerprint density at radius 3 is 2.76 bits per heavy atom. The van der Waals surface area contributed by atoms with Crippen LogP contribution >= 0.6 is 0 Å². The Labute approximate surface area is 106 Å². The monoisotopic (exact) mass is 239 g/mol. The van der Waals surface area contributed by atoms with E-state index >= 15 is 0 Å². The second kappa shape index (κ2) is 5.71. The Morgan fingerprint density at radius 1 is 1.29 bits per heavy atom. The van der Waals surface area contributed by atoms with Crippen molar-refractivity contribution in [2.24, 2.45) is 11.8 Å². The highest BCUT2D eigenvalue weighted by molar-refractivity contribution is 4.89. The molecule has 0 aromatic carbocycles. The standard InChI is InChI=1S/C15H29NO/c1-3-13-6-7-14(9-13)16-11-15(17)8-4-5-12(2)10-15/h12-14,16-17H,3-11H2,1-2H3. The lowest BCUT2D eigenvalue weighted by molar-refractivity contribution is -0.0136. The van der Waals surface area contributed by atoms with Gasteiger partial charge in [-0.15, -0.1) is 0 Å². The van der Waals surface area contributed by atoms with Crippen molar-refractivity contribution in [3.8, 4) is 0 Å². The van der Waals surface area contributed by atoms with Gasteiger partial charge in [0.2, 0.25) is 0 Å². The molecule has 0 bridgehead atoms. The summed E-state index contributed by atoms with van der Waals surface area (Å²) in [6.07, 6.45) is 9.80. The van der Waals surface area contributed by atoms with Crippen molar-refractivity contribution in [1.82, 2.24) is 5.32 Å². The quantitative estimate of drug-likeness (QED) is 0.790. The van der Waals surface area contributed by atoms with E-state index in [1.807, 2.05) is 0 Å². The number of nitrogens with one attached hydrogen (secondary N) is 1. The maximum atomic E-state index is 10.6. The number of aliphatic hydroxyl groups is 1. The third-order valence-electron chi connectivity index (χ3n) is 4.91. The maximum Gasteiger partial charge on any atom is 0.0774 e. The van der Waals surface area contributed by atoms with E-state index < -0.39 is 5.60 Å². The molecule has 2 aliphatic rings. The lowest BCUT2D eigenvalue weighted by Gasteiger charge is -2.36. The summed E-state index contributed by atoms with van der Waals surface area (Å²) in [5, 5.41) is 14.2. The molecule has 0 aliphatic heterocycles. The van der Waals surface area contributed by atoms with Crippen LogP contribution in [0.25, 0.3) is 0 Å². The fourth-order valence-corrected chi connectivity index (χ4v) is 3.76. The van der Waals surface area contributed by atoms with Crippen LogP contribution in [0, 0.1) is 11.8 Å². The fraction of sp³-hybridized carbons (Fsp3) is 1.00. The highest BCUT2D eigenvalue weighted by atomic mass is 16.3. The van der Waals surface area contributed by atoms with E-state index in [1.165, 1.54) is 38.5 Å². The van der Waals surface area contributed by atoms with E-state index in [0.717, 1.165) is 25.3 Å². The SMILES string of the molecule is CCC1CCC(NCC2(O)CCCC(C)C2)C1. The van der Waals surface area contributed by atoms with Gasteiger partial charge >= 0.3 is 0 Å². The highest BCUT2D eigenvalue weighted by Crippen LogP contribution is 2.33. The van der Waals surface area contributed by atoms with Crippen LogP contribution in [0.1, 0.15) is 65.2 Å². The normalized spacial score (nSPS) is 42.9. The predicted molar refractivity (Wildman–Crippen MR) is 72.0 cm³/mol. The van der Waals surface area contributed by atoms with Crippen molar-refractivity contribution in [1.29, 1.82) is 0 Å². The summed E-state index contributed by atoms with van der Waals surface area (Å²) in [5.74, 6) is 1.62. The molecule has 0 radical (unpaired) electrons. The number of hydrogen-bond donors (Lipinski definition) is 2. The van der Waals surface area contributed by atoms with Crippen LogP contribution < -0.4 is 5.32 Å². The first-order valence-corrected chi connectivity index (χ1v) is 7.57. The average Bonchev–Trinajstić information content (AvgIpc) is 2.74. The topological polar surface area (TPSA) is 32.3 Å². The molecule has 17 heavy (non-hydrogen) atoms. The Balaban J connectivity index is 1.74. The molecule has 2 rings (SSSR count). The Morgan fingerprint density at radius 2 is 2.12 bits per heavy atom. The minimum atomic E-state index is -0.415. The van der Waals surface area contributed by atoms with E-state index in [2.05, 4.69) is 19.2 Å². The van der Waals surface area contributed by atoms with Crippen molar-refractivity contribution in [3.05, 3.63) is 0 Å². The molecule has 4 atom stereocenters. The van der Waals surface area contributed by atoms with Gasteiger partial charge in [-0.2, -0.15) is 0 Å². The molecule has 2 heteroatoms. The Kier molecular flexibility index (Phi) is 4.48. The molecule has 2 nitrogen and oxygen atoms in total. The summed E-state index contributed by atoms with van der Waals surface area (Å²) in [5.41, 5.74) is -0.415. The summed E-state index contributed by atoms with van der Waals surface area (Å²) < 4.78 is 0. The molecule has 2 aliphatic carbocycles. The Bertz CT molecular complexity index is 243. The zero-order chi connectivity index (χ0) is 12.3. The molecule has 0 spiro atoms. The van der Waals surface area contributed by atoms with Crippen LogP contribution in [0.4, 0.5) is 0 Å². The summed E-state index contributed by atoms with van der Waals surface area (Å²) in [6, 6.07) is 0.668. The molecule has 0 heterocycles. The second-order valence-electron chi connectivity index (χ2n) is 6.59. The highest BCUT2D eigenvalue weighted by Gasteiger charge is 2.33. The van der Waals surface area contributed by atoms with Crippen molar-refractivity contribution in [2.45, 2.75) is 76.9 Å². The van der Waals surface area contributed by atoms with E-state index in [4.69, 9.17) is 0 Å². The third kappa shape index (κ3) is 3.69. The molecule has 2 saturated carbocycles. The van der Waals surface area contributed by atoms with Crippen molar-refractivity contribution < 1.29 is 5.11 Å². The molecule has 2 fully saturated rings. The number of rotatable bonds is 4. The largest absolute Gasteiger partial charge is 0.389 e. The van der Waals surface area contributed by atoms with E-state index in [1.54, 1.807) is 0 Å². The van der Waals surface area contributed by atoms with Crippen LogP contribution in [0.3, 0.4) is 0 Å². The van der Waals surface area contributed by atoms with Gasteiger partial charge in [0.25, 0.3) is 0 Å². The maximum absolute atomic E-state index is 10.6. The zero-order valence-electron chi connectivity index (χ0n) is 11.5. The van der Waals surface area contributed by atoms with Gasteiger partial charge in [-0.05, 0) is 43.9 Å². The molecular weight excluding hydrogens is 210 g/mol. The first-order chi connectivity index (χ1) is 8.11. The lowest BCUT2D eigenvalue weighted by Crippen LogP contribution is -2.46. The van der Waals surface area contributed by atoms with Crippen molar-refractivity contribution >= 4 is 0 Å². The summed E-state index contributed by atoms with van der Waals surface area (Å²) in [6.45, 7) is 5.38. The van der Waals surface area contributed by atoms with Crippen molar-refractivity contribution in [2.75, 3.05) is 6.54 Å². The first kappa shape index (κ1) is 13.4. The van der Waals surface area contributed by atoms with E-state index in [-0.39, 0.29) is 0 Å². The summed E-state index contributed by atoms with van der Waals surface area (Å²) in [4.78, 5) is 0. The van der Waals surface area contributed by atoms with Gasteiger partial charge < -0.3 is 10.4 Å². The molecule has 2 N–H and O–H groups in total. The first-order valence-electron chi connectivity index (χ1n) is 7.57. The second-order valence-corrected chi connectivity index (χ2v) is 6.59. The van der Waals surface area contributed by atoms with E-state index in [0.29, 0.717) is 12.0 Å². The molecule has 4 unspecified atom stereocenters. The van der Waals surface area contributed by atoms with E-state index in [9.17, 15) is 5.11 Å². The smallest absolute Gasteiger partial charge is 0.0774 e. The van der Waals surface area contributed by atoms with Crippen LogP contribution in [0.15, 0.2) is 0 Å². The molecule has 100 valence electrons. The van der Waals surface area contributed by atoms with Crippen LogP contribution in [-0.2, 0) is 0 Å². The number of hydrogen-bond acceptors (Lipinski definition) is 2. The minimum absolute atomic E-state index is 0.415. The lowest BCUT2D eigenvalue weighted by atomic mass is 9.79. The van der Waals surface area contributed by atoms with Gasteiger partial charge in [0.1, 0.15) is 0 Å². The van der Waals surface area contributed by atoms with Gasteiger partial charge in [0, 0.05) is 12.6 Å². The van der Waals surface area contributed by atoms with Crippen LogP contribution in [0.5, 0.6) is 0 Å². The molecule has 0 aromatic rings. The third-order valence-corrected chi connectivity index (χ3v) is 4.91. The van der Waals surface area contributed by atoms with Gasteiger partial charge in [0.05, 0.1) is 5.60 Å².